The molecule has 1 heterocycles. The molecule has 2 fully saturated rings. The lowest BCUT2D eigenvalue weighted by atomic mass is 9.86. The number of hydrogen-bond acceptors (Lipinski definition) is 3. The number of thioether (sulfide) groups is 1. The van der Waals surface area contributed by atoms with E-state index in [0.29, 0.717) is 5.44 Å². The summed E-state index contributed by atoms with van der Waals surface area (Å²) in [5.74, 6) is 0. The van der Waals surface area contributed by atoms with Crippen LogP contribution < -0.4 is 0 Å². The minimum Gasteiger partial charge on any atom is -0.367 e. The Labute approximate surface area is 70.7 Å². The maximum Gasteiger partial charge on any atom is 0.136 e. The third kappa shape index (κ3) is 1.32. The Morgan fingerprint density at radius 3 is 2.55 bits per heavy atom. The fourth-order valence-electron chi connectivity index (χ4n) is 1.36. The van der Waals surface area contributed by atoms with Gasteiger partial charge in [0.15, 0.2) is 0 Å². The van der Waals surface area contributed by atoms with E-state index in [9.17, 15) is 4.79 Å². The third-order valence-electron chi connectivity index (χ3n) is 2.44. The van der Waals surface area contributed by atoms with E-state index in [-0.39, 0.29) is 4.75 Å². The summed E-state index contributed by atoms with van der Waals surface area (Å²) in [6.45, 7) is 0.882. The van der Waals surface area contributed by atoms with Gasteiger partial charge in [0.25, 0.3) is 0 Å². The molecule has 0 amide bonds. The predicted molar refractivity (Wildman–Crippen MR) is 44.6 cm³/mol. The molecule has 0 aromatic carbocycles. The molecule has 0 N–H and O–H groups in total. The zero-order chi connectivity index (χ0) is 7.73. The summed E-state index contributed by atoms with van der Waals surface area (Å²) >= 11 is 1.73. The van der Waals surface area contributed by atoms with Crippen molar-refractivity contribution in [3.05, 3.63) is 0 Å². The van der Waals surface area contributed by atoms with Crippen LogP contribution in [0.2, 0.25) is 0 Å². The second-order valence-corrected chi connectivity index (χ2v) is 4.82. The highest BCUT2D eigenvalue weighted by molar-refractivity contribution is 8.01. The van der Waals surface area contributed by atoms with E-state index in [2.05, 4.69) is 0 Å². The molecular weight excluding hydrogens is 160 g/mol. The van der Waals surface area contributed by atoms with Crippen molar-refractivity contribution in [3.8, 4) is 0 Å². The molecule has 0 radical (unpaired) electrons. The molecule has 1 saturated carbocycles. The van der Waals surface area contributed by atoms with E-state index < -0.39 is 0 Å². The Morgan fingerprint density at radius 2 is 2.27 bits per heavy atom. The van der Waals surface area contributed by atoms with Crippen LogP contribution in [0.4, 0.5) is 0 Å². The molecule has 0 aromatic rings. The van der Waals surface area contributed by atoms with Crippen LogP contribution in [0.5, 0.6) is 0 Å². The smallest absolute Gasteiger partial charge is 0.136 e. The van der Waals surface area contributed by atoms with Crippen molar-refractivity contribution >= 4 is 18.0 Å². The van der Waals surface area contributed by atoms with Crippen LogP contribution in [0.3, 0.4) is 0 Å². The molecule has 62 valence electrons. The van der Waals surface area contributed by atoms with Gasteiger partial charge in [0.1, 0.15) is 11.7 Å². The van der Waals surface area contributed by atoms with E-state index >= 15 is 0 Å². The zero-order valence-corrected chi connectivity index (χ0v) is 7.23. The average molecular weight is 172 g/mol. The van der Waals surface area contributed by atoms with Crippen LogP contribution >= 0.6 is 11.8 Å². The van der Waals surface area contributed by atoms with Crippen molar-refractivity contribution in [2.45, 2.75) is 35.9 Å². The van der Waals surface area contributed by atoms with Gasteiger partial charge < -0.3 is 9.53 Å². The first-order valence-corrected chi connectivity index (χ1v) is 4.98. The number of rotatable bonds is 3. The Kier molecular flexibility index (Phi) is 1.93. The molecule has 2 aliphatic rings. The molecule has 1 saturated heterocycles. The summed E-state index contributed by atoms with van der Waals surface area (Å²) in [4.78, 5) is 10.7. The van der Waals surface area contributed by atoms with Gasteiger partial charge >= 0.3 is 0 Å². The maximum atomic E-state index is 10.7. The SMILES string of the molecule is O=CC1(SC2CCO2)CCC1. The molecule has 0 spiro atoms. The van der Waals surface area contributed by atoms with Crippen LogP contribution in [0.1, 0.15) is 25.7 Å². The first-order valence-electron chi connectivity index (χ1n) is 4.10. The fourth-order valence-corrected chi connectivity index (χ4v) is 2.84. The van der Waals surface area contributed by atoms with Crippen molar-refractivity contribution in [3.63, 3.8) is 0 Å². The van der Waals surface area contributed by atoms with Gasteiger partial charge in [0, 0.05) is 6.42 Å². The summed E-state index contributed by atoms with van der Waals surface area (Å²) in [7, 11) is 0. The summed E-state index contributed by atoms with van der Waals surface area (Å²) in [6.07, 6.45) is 5.56. The topological polar surface area (TPSA) is 26.3 Å². The van der Waals surface area contributed by atoms with Crippen molar-refractivity contribution in [1.82, 2.24) is 0 Å². The van der Waals surface area contributed by atoms with Gasteiger partial charge in [-0.25, -0.2) is 0 Å². The summed E-state index contributed by atoms with van der Waals surface area (Å²) < 4.78 is 5.22. The van der Waals surface area contributed by atoms with Crippen molar-refractivity contribution in [2.75, 3.05) is 6.61 Å². The van der Waals surface area contributed by atoms with Crippen LogP contribution in [0, 0.1) is 0 Å². The first kappa shape index (κ1) is 7.62. The highest BCUT2D eigenvalue weighted by atomic mass is 32.2. The minimum absolute atomic E-state index is 0.0505. The number of carbonyl (C=O) groups is 1. The minimum atomic E-state index is -0.0505. The Morgan fingerprint density at radius 1 is 1.55 bits per heavy atom. The van der Waals surface area contributed by atoms with E-state index in [1.54, 1.807) is 11.8 Å². The average Bonchev–Trinajstić information content (AvgIpc) is 1.83. The van der Waals surface area contributed by atoms with Gasteiger partial charge in [0.05, 0.1) is 11.4 Å². The molecule has 2 nitrogen and oxygen atoms in total. The lowest BCUT2D eigenvalue weighted by Crippen LogP contribution is -2.40. The predicted octanol–water partition coefficient (Wildman–Crippen LogP) is 1.59. The fraction of sp³-hybridized carbons (Fsp3) is 0.875. The quantitative estimate of drug-likeness (QED) is 0.605. The summed E-state index contributed by atoms with van der Waals surface area (Å²) in [5.41, 5.74) is 0.320. The molecule has 1 unspecified atom stereocenters. The molecule has 1 aliphatic carbocycles. The van der Waals surface area contributed by atoms with E-state index in [1.165, 1.54) is 6.42 Å². The van der Waals surface area contributed by atoms with Gasteiger partial charge in [-0.05, 0) is 19.3 Å². The first-order chi connectivity index (χ1) is 5.35. The Hall–Kier alpha value is -0.0200. The Balaban J connectivity index is 1.85. The monoisotopic (exact) mass is 172 g/mol. The van der Waals surface area contributed by atoms with E-state index in [4.69, 9.17) is 4.74 Å². The maximum absolute atomic E-state index is 10.7. The molecular formula is C8H12O2S. The highest BCUT2D eigenvalue weighted by Gasteiger charge is 2.41. The van der Waals surface area contributed by atoms with Crippen LogP contribution in [-0.2, 0) is 9.53 Å². The van der Waals surface area contributed by atoms with Gasteiger partial charge in [0.2, 0.25) is 0 Å². The molecule has 1 atom stereocenters. The largest absolute Gasteiger partial charge is 0.367 e. The van der Waals surface area contributed by atoms with E-state index in [1.807, 2.05) is 0 Å². The number of ether oxygens (including phenoxy) is 1. The van der Waals surface area contributed by atoms with Gasteiger partial charge in [-0.1, -0.05) is 0 Å². The number of carbonyl (C=O) groups excluding carboxylic acids is 1. The summed E-state index contributed by atoms with van der Waals surface area (Å²) in [5, 5.41) is 0. The van der Waals surface area contributed by atoms with Crippen LogP contribution in [0.15, 0.2) is 0 Å². The van der Waals surface area contributed by atoms with Gasteiger partial charge in [-0.15, -0.1) is 11.8 Å². The second-order valence-electron chi connectivity index (χ2n) is 3.24. The Bertz CT molecular complexity index is 161. The van der Waals surface area contributed by atoms with Crippen molar-refractivity contribution in [2.24, 2.45) is 0 Å². The van der Waals surface area contributed by atoms with Gasteiger partial charge in [-0.2, -0.15) is 0 Å². The number of aldehydes is 1. The second kappa shape index (κ2) is 2.79. The standard InChI is InChI=1S/C8H12O2S/c9-6-8(3-1-4-8)11-7-2-5-10-7/h6-7H,1-5H2. The zero-order valence-electron chi connectivity index (χ0n) is 6.41. The molecule has 0 aromatic heterocycles. The third-order valence-corrected chi connectivity index (χ3v) is 4.05. The molecule has 11 heavy (non-hydrogen) atoms. The molecule has 1 aliphatic heterocycles. The van der Waals surface area contributed by atoms with Gasteiger partial charge in [-0.3, -0.25) is 0 Å². The van der Waals surface area contributed by atoms with Crippen molar-refractivity contribution < 1.29 is 9.53 Å². The lowest BCUT2D eigenvalue weighted by molar-refractivity contribution is -0.111. The number of hydrogen-bond donors (Lipinski definition) is 0. The van der Waals surface area contributed by atoms with Crippen LogP contribution in [0.25, 0.3) is 0 Å². The summed E-state index contributed by atoms with van der Waals surface area (Å²) in [6, 6.07) is 0. The molecule has 3 heteroatoms. The van der Waals surface area contributed by atoms with E-state index in [0.717, 1.165) is 32.2 Å². The molecule has 0 bridgehead atoms. The molecule has 2 rings (SSSR count). The lowest BCUT2D eigenvalue weighted by Gasteiger charge is -2.40. The normalized spacial score (nSPS) is 33.6. The van der Waals surface area contributed by atoms with Crippen molar-refractivity contribution in [1.29, 1.82) is 0 Å². The highest BCUT2D eigenvalue weighted by Crippen LogP contribution is 2.46. The van der Waals surface area contributed by atoms with Crippen LogP contribution in [-0.4, -0.2) is 23.1 Å².